The summed E-state index contributed by atoms with van der Waals surface area (Å²) in [6.07, 6.45) is 0. The quantitative estimate of drug-likeness (QED) is 0.551. The smallest absolute Gasteiger partial charge is 0.262 e. The molecule has 1 aliphatic rings. The molecule has 0 bridgehead atoms. The molecule has 106 valence electrons. The highest BCUT2D eigenvalue weighted by molar-refractivity contribution is 14.1. The van der Waals surface area contributed by atoms with Crippen LogP contribution in [0.1, 0.15) is 26.3 Å². The standard InChI is InChI=1S/C15H8ClFINO2/c16-11-6-9(17)5-4-8(11)7-19-14(20)10-2-1-3-12(18)13(10)15(19)21/h1-6H,7H2. The normalized spacial score (nSPS) is 13.8. The van der Waals surface area contributed by atoms with Crippen molar-refractivity contribution in [3.63, 3.8) is 0 Å². The first-order valence-electron chi connectivity index (χ1n) is 6.07. The molecule has 0 saturated heterocycles. The van der Waals surface area contributed by atoms with Gasteiger partial charge < -0.3 is 0 Å². The van der Waals surface area contributed by atoms with Crippen molar-refractivity contribution in [3.8, 4) is 0 Å². The van der Waals surface area contributed by atoms with Gasteiger partial charge in [0, 0.05) is 8.59 Å². The minimum atomic E-state index is -0.458. The van der Waals surface area contributed by atoms with Crippen LogP contribution in [0.5, 0.6) is 0 Å². The second kappa shape index (κ2) is 5.38. The Balaban J connectivity index is 1.97. The van der Waals surface area contributed by atoms with Crippen molar-refractivity contribution in [1.29, 1.82) is 0 Å². The molecule has 0 fully saturated rings. The van der Waals surface area contributed by atoms with E-state index < -0.39 is 5.82 Å². The summed E-state index contributed by atoms with van der Waals surface area (Å²) in [5, 5.41) is 0.196. The number of rotatable bonds is 2. The number of fused-ring (bicyclic) bond motifs is 1. The van der Waals surface area contributed by atoms with Gasteiger partial charge in [-0.05, 0) is 52.4 Å². The molecule has 0 atom stereocenters. The van der Waals surface area contributed by atoms with Crippen LogP contribution < -0.4 is 0 Å². The van der Waals surface area contributed by atoms with Crippen molar-refractivity contribution < 1.29 is 14.0 Å². The van der Waals surface area contributed by atoms with Crippen LogP contribution >= 0.6 is 34.2 Å². The van der Waals surface area contributed by atoms with E-state index >= 15 is 0 Å². The van der Waals surface area contributed by atoms with E-state index in [1.54, 1.807) is 18.2 Å². The van der Waals surface area contributed by atoms with Gasteiger partial charge in [0.15, 0.2) is 0 Å². The van der Waals surface area contributed by atoms with Crippen molar-refractivity contribution in [2.45, 2.75) is 6.54 Å². The van der Waals surface area contributed by atoms with Crippen LogP contribution in [0.15, 0.2) is 36.4 Å². The van der Waals surface area contributed by atoms with Crippen molar-refractivity contribution >= 4 is 46.0 Å². The Hall–Kier alpha value is -1.47. The maximum atomic E-state index is 13.0. The molecule has 6 heteroatoms. The van der Waals surface area contributed by atoms with Gasteiger partial charge in [-0.2, -0.15) is 0 Å². The number of benzene rings is 2. The fourth-order valence-electron chi connectivity index (χ4n) is 2.26. The lowest BCUT2D eigenvalue weighted by Crippen LogP contribution is -2.29. The molecule has 0 spiro atoms. The maximum Gasteiger partial charge on any atom is 0.262 e. The Morgan fingerprint density at radius 3 is 2.57 bits per heavy atom. The van der Waals surface area contributed by atoms with Gasteiger partial charge in [0.25, 0.3) is 11.8 Å². The average Bonchev–Trinajstić information content (AvgIpc) is 2.68. The van der Waals surface area contributed by atoms with Crippen molar-refractivity contribution in [3.05, 3.63) is 67.5 Å². The molecule has 2 amide bonds. The van der Waals surface area contributed by atoms with E-state index in [1.165, 1.54) is 18.2 Å². The van der Waals surface area contributed by atoms with Gasteiger partial charge in [0.2, 0.25) is 0 Å². The lowest BCUT2D eigenvalue weighted by molar-refractivity contribution is 0.0642. The molecule has 0 N–H and O–H groups in total. The number of imide groups is 1. The minimum absolute atomic E-state index is 0.0293. The molecule has 0 unspecified atom stereocenters. The number of carbonyl (C=O) groups excluding carboxylic acids is 2. The molecule has 1 aliphatic heterocycles. The minimum Gasteiger partial charge on any atom is -0.270 e. The van der Waals surface area contributed by atoms with E-state index in [-0.39, 0.29) is 23.4 Å². The zero-order valence-corrected chi connectivity index (χ0v) is 13.5. The van der Waals surface area contributed by atoms with Crippen LogP contribution in [-0.2, 0) is 6.54 Å². The molecule has 2 aromatic rings. The molecular weight excluding hydrogens is 408 g/mol. The highest BCUT2D eigenvalue weighted by Crippen LogP contribution is 2.29. The van der Waals surface area contributed by atoms with Crippen molar-refractivity contribution in [1.82, 2.24) is 4.90 Å². The van der Waals surface area contributed by atoms with E-state index in [9.17, 15) is 14.0 Å². The Bertz CT molecular complexity index is 778. The molecule has 0 radical (unpaired) electrons. The van der Waals surface area contributed by atoms with Gasteiger partial charge in [0.05, 0.1) is 17.7 Å². The first kappa shape index (κ1) is 14.5. The Kier molecular flexibility index (Phi) is 3.71. The molecular formula is C15H8ClFINO2. The topological polar surface area (TPSA) is 37.4 Å². The molecule has 3 rings (SSSR count). The van der Waals surface area contributed by atoms with E-state index in [2.05, 4.69) is 0 Å². The SMILES string of the molecule is O=C1c2cccc(I)c2C(=O)N1Cc1ccc(F)cc1Cl. The number of nitrogens with zero attached hydrogens (tertiary/aromatic N) is 1. The monoisotopic (exact) mass is 415 g/mol. The predicted molar refractivity (Wildman–Crippen MR) is 84.8 cm³/mol. The summed E-state index contributed by atoms with van der Waals surface area (Å²) in [7, 11) is 0. The molecule has 2 aromatic carbocycles. The number of hydrogen-bond acceptors (Lipinski definition) is 2. The zero-order chi connectivity index (χ0) is 15.1. The maximum absolute atomic E-state index is 13.0. The second-order valence-electron chi connectivity index (χ2n) is 4.59. The molecule has 3 nitrogen and oxygen atoms in total. The Morgan fingerprint density at radius 1 is 1.14 bits per heavy atom. The number of hydrogen-bond donors (Lipinski definition) is 0. The Labute approximate surface area is 138 Å². The fourth-order valence-corrected chi connectivity index (χ4v) is 3.21. The molecule has 1 heterocycles. The lowest BCUT2D eigenvalue weighted by atomic mass is 10.1. The van der Waals surface area contributed by atoms with Gasteiger partial charge in [-0.3, -0.25) is 14.5 Å². The number of carbonyl (C=O) groups is 2. The van der Waals surface area contributed by atoms with Crippen molar-refractivity contribution in [2.75, 3.05) is 0 Å². The summed E-state index contributed by atoms with van der Waals surface area (Å²) >= 11 is 7.98. The summed E-state index contributed by atoms with van der Waals surface area (Å²) < 4.78 is 13.8. The zero-order valence-electron chi connectivity index (χ0n) is 10.6. The van der Waals surface area contributed by atoms with E-state index in [0.29, 0.717) is 16.7 Å². The Morgan fingerprint density at radius 2 is 1.90 bits per heavy atom. The summed E-state index contributed by atoms with van der Waals surface area (Å²) in [5.74, 6) is -1.16. The predicted octanol–water partition coefficient (Wildman–Crippen LogP) is 3.88. The first-order valence-corrected chi connectivity index (χ1v) is 7.53. The van der Waals surface area contributed by atoms with Crippen LogP contribution in [0.4, 0.5) is 4.39 Å². The highest BCUT2D eigenvalue weighted by atomic mass is 127. The third-order valence-electron chi connectivity index (χ3n) is 3.29. The van der Waals surface area contributed by atoms with E-state index in [1.807, 2.05) is 22.6 Å². The van der Waals surface area contributed by atoms with Gasteiger partial charge in [-0.1, -0.05) is 23.7 Å². The number of amides is 2. The average molecular weight is 416 g/mol. The van der Waals surface area contributed by atoms with E-state index in [0.717, 1.165) is 8.47 Å². The van der Waals surface area contributed by atoms with E-state index in [4.69, 9.17) is 11.6 Å². The number of halogens is 3. The van der Waals surface area contributed by atoms with Crippen LogP contribution in [0.2, 0.25) is 5.02 Å². The molecule has 0 saturated carbocycles. The third kappa shape index (κ3) is 2.44. The summed E-state index contributed by atoms with van der Waals surface area (Å²) in [6, 6.07) is 9.04. The lowest BCUT2D eigenvalue weighted by Gasteiger charge is -2.14. The highest BCUT2D eigenvalue weighted by Gasteiger charge is 2.37. The van der Waals surface area contributed by atoms with Crippen LogP contribution in [0.25, 0.3) is 0 Å². The van der Waals surface area contributed by atoms with Gasteiger partial charge >= 0.3 is 0 Å². The third-order valence-corrected chi connectivity index (χ3v) is 4.54. The van der Waals surface area contributed by atoms with Crippen molar-refractivity contribution in [2.24, 2.45) is 0 Å². The van der Waals surface area contributed by atoms with Gasteiger partial charge in [-0.25, -0.2) is 4.39 Å². The molecule has 0 aliphatic carbocycles. The second-order valence-corrected chi connectivity index (χ2v) is 6.16. The largest absolute Gasteiger partial charge is 0.270 e. The summed E-state index contributed by atoms with van der Waals surface area (Å²) in [5.41, 5.74) is 1.34. The van der Waals surface area contributed by atoms with Gasteiger partial charge in [0.1, 0.15) is 5.82 Å². The molecule has 21 heavy (non-hydrogen) atoms. The summed E-state index contributed by atoms with van der Waals surface area (Å²) in [4.78, 5) is 25.9. The van der Waals surface area contributed by atoms with Crippen LogP contribution in [0, 0.1) is 9.39 Å². The molecule has 0 aromatic heterocycles. The summed E-state index contributed by atoms with van der Waals surface area (Å²) in [6.45, 7) is 0.0293. The van der Waals surface area contributed by atoms with Crippen LogP contribution in [0.3, 0.4) is 0 Å². The fraction of sp³-hybridized carbons (Fsp3) is 0.0667. The first-order chi connectivity index (χ1) is 9.99. The van der Waals surface area contributed by atoms with Crippen LogP contribution in [-0.4, -0.2) is 16.7 Å². The van der Waals surface area contributed by atoms with Gasteiger partial charge in [-0.15, -0.1) is 0 Å².